The van der Waals surface area contributed by atoms with Gasteiger partial charge in [0.05, 0.1) is 18.3 Å². The minimum atomic E-state index is -4.93. The van der Waals surface area contributed by atoms with Gasteiger partial charge < -0.3 is 23.7 Å². The van der Waals surface area contributed by atoms with E-state index < -0.39 is 24.4 Å². The van der Waals surface area contributed by atoms with Crippen molar-refractivity contribution in [3.63, 3.8) is 0 Å². The maximum atomic E-state index is 12.9. The average Bonchev–Trinajstić information content (AvgIpc) is 3.25. The quantitative estimate of drug-likeness (QED) is 0.289. The van der Waals surface area contributed by atoms with E-state index in [9.17, 15) is 18.0 Å². The van der Waals surface area contributed by atoms with Crippen LogP contribution in [0.2, 0.25) is 0 Å². The summed E-state index contributed by atoms with van der Waals surface area (Å²) in [4.78, 5) is 12.5. The summed E-state index contributed by atoms with van der Waals surface area (Å²) in [5.74, 6) is -1.51. The van der Waals surface area contributed by atoms with Crippen LogP contribution in [0.1, 0.15) is 37.0 Å². The topological polar surface area (TPSA) is 63.2 Å². The highest BCUT2D eigenvalue weighted by Gasteiger charge is 2.33. The number of benzene rings is 2. The first-order chi connectivity index (χ1) is 15.2. The third kappa shape index (κ3) is 7.13. The van der Waals surface area contributed by atoms with Gasteiger partial charge in [0, 0.05) is 12.5 Å². The molecule has 2 unspecified atom stereocenters. The molecule has 2 atom stereocenters. The van der Waals surface area contributed by atoms with Gasteiger partial charge in [-0.3, -0.25) is 0 Å². The zero-order valence-corrected chi connectivity index (χ0v) is 17.8. The molecule has 174 valence electrons. The van der Waals surface area contributed by atoms with Crippen LogP contribution in [0.3, 0.4) is 0 Å². The predicted molar refractivity (Wildman–Crippen MR) is 109 cm³/mol. The Kier molecular flexibility index (Phi) is 7.98. The highest BCUT2D eigenvalue weighted by atomic mass is 19.4. The first-order valence-electron chi connectivity index (χ1n) is 10.3. The van der Waals surface area contributed by atoms with Gasteiger partial charge in [-0.2, -0.15) is 0 Å². The standard InChI is InChI=1S/C23H25F3O6/c1-15(2)22(29-14-18-9-6-12-28-18)31-20-13-16(10-11-19(20)32-23(24,25)26)21(27)30-17-7-4-3-5-8-17/h3-5,7-8,10-11,13,15,18,22H,6,9,12,14H2,1-2H3. The van der Waals surface area contributed by atoms with E-state index in [2.05, 4.69) is 4.74 Å². The Bertz CT molecular complexity index is 879. The van der Waals surface area contributed by atoms with Crippen LogP contribution in [-0.2, 0) is 9.47 Å². The van der Waals surface area contributed by atoms with Gasteiger partial charge in [-0.15, -0.1) is 13.2 Å². The van der Waals surface area contributed by atoms with Gasteiger partial charge in [-0.25, -0.2) is 4.79 Å². The number of ether oxygens (including phenoxy) is 5. The molecule has 6 nitrogen and oxygen atoms in total. The third-order valence-corrected chi connectivity index (χ3v) is 4.62. The van der Waals surface area contributed by atoms with E-state index in [0.717, 1.165) is 25.0 Å². The van der Waals surface area contributed by atoms with Crippen LogP contribution in [0.4, 0.5) is 13.2 Å². The molecule has 0 radical (unpaired) electrons. The summed E-state index contributed by atoms with van der Waals surface area (Å²) in [6.45, 7) is 4.50. The van der Waals surface area contributed by atoms with Crippen LogP contribution >= 0.6 is 0 Å². The number of hydrogen-bond donors (Lipinski definition) is 0. The fourth-order valence-electron chi connectivity index (χ4n) is 3.06. The molecule has 3 rings (SSSR count). The zero-order chi connectivity index (χ0) is 23.1. The molecule has 1 aliphatic rings. The van der Waals surface area contributed by atoms with Crippen molar-refractivity contribution in [1.82, 2.24) is 0 Å². The van der Waals surface area contributed by atoms with Gasteiger partial charge in [0.15, 0.2) is 11.5 Å². The molecule has 0 amide bonds. The molecule has 32 heavy (non-hydrogen) atoms. The Labute approximate surface area is 184 Å². The van der Waals surface area contributed by atoms with Crippen LogP contribution in [0.5, 0.6) is 17.2 Å². The summed E-state index contributed by atoms with van der Waals surface area (Å²) in [6, 6.07) is 11.7. The Hall–Kier alpha value is -2.78. The highest BCUT2D eigenvalue weighted by Crippen LogP contribution is 2.35. The van der Waals surface area contributed by atoms with Crippen molar-refractivity contribution in [3.05, 3.63) is 54.1 Å². The van der Waals surface area contributed by atoms with Gasteiger partial charge in [0.1, 0.15) is 5.75 Å². The fourth-order valence-corrected chi connectivity index (χ4v) is 3.06. The summed E-state index contributed by atoms with van der Waals surface area (Å²) in [7, 11) is 0. The number of rotatable bonds is 9. The maximum Gasteiger partial charge on any atom is 0.573 e. The highest BCUT2D eigenvalue weighted by molar-refractivity contribution is 5.91. The maximum absolute atomic E-state index is 12.9. The predicted octanol–water partition coefficient (Wildman–Crippen LogP) is 5.36. The number of para-hydroxylation sites is 1. The van der Waals surface area contributed by atoms with Crippen molar-refractivity contribution in [3.8, 4) is 17.2 Å². The summed E-state index contributed by atoms with van der Waals surface area (Å²) < 4.78 is 65.1. The summed E-state index contributed by atoms with van der Waals surface area (Å²) >= 11 is 0. The normalized spacial score (nSPS) is 17.2. The van der Waals surface area contributed by atoms with Gasteiger partial charge in [0.2, 0.25) is 6.29 Å². The first kappa shape index (κ1) is 23.9. The molecule has 0 saturated carbocycles. The zero-order valence-electron chi connectivity index (χ0n) is 17.8. The lowest BCUT2D eigenvalue weighted by atomic mass is 10.2. The van der Waals surface area contributed by atoms with Crippen LogP contribution < -0.4 is 14.2 Å². The third-order valence-electron chi connectivity index (χ3n) is 4.62. The second kappa shape index (κ2) is 10.7. The molecule has 2 aromatic carbocycles. The minimum absolute atomic E-state index is 0.00000919. The van der Waals surface area contributed by atoms with Gasteiger partial charge >= 0.3 is 12.3 Å². The molecular weight excluding hydrogens is 429 g/mol. The number of hydrogen-bond acceptors (Lipinski definition) is 6. The van der Waals surface area contributed by atoms with Crippen molar-refractivity contribution in [2.75, 3.05) is 13.2 Å². The van der Waals surface area contributed by atoms with E-state index in [1.807, 2.05) is 0 Å². The number of carbonyl (C=O) groups excluding carboxylic acids is 1. The van der Waals surface area contributed by atoms with Gasteiger partial charge in [-0.1, -0.05) is 32.0 Å². The lowest BCUT2D eigenvalue weighted by Crippen LogP contribution is -2.31. The molecule has 1 fully saturated rings. The van der Waals surface area contributed by atoms with Crippen molar-refractivity contribution in [2.24, 2.45) is 5.92 Å². The summed E-state index contributed by atoms with van der Waals surface area (Å²) in [6.07, 6.45) is -4.13. The Morgan fingerprint density at radius 3 is 2.50 bits per heavy atom. The Morgan fingerprint density at radius 1 is 1.12 bits per heavy atom. The monoisotopic (exact) mass is 454 g/mol. The number of alkyl halides is 3. The second-order valence-electron chi connectivity index (χ2n) is 7.61. The van der Waals surface area contributed by atoms with Crippen molar-refractivity contribution in [2.45, 2.75) is 45.4 Å². The van der Waals surface area contributed by atoms with E-state index in [1.165, 1.54) is 6.07 Å². The molecule has 9 heteroatoms. The molecule has 1 heterocycles. The van der Waals surface area contributed by atoms with E-state index in [4.69, 9.17) is 18.9 Å². The van der Waals surface area contributed by atoms with Crippen LogP contribution in [0.25, 0.3) is 0 Å². The van der Waals surface area contributed by atoms with Gasteiger partial charge in [0.25, 0.3) is 0 Å². The average molecular weight is 454 g/mol. The summed E-state index contributed by atoms with van der Waals surface area (Å²) in [5.41, 5.74) is 0.00000919. The largest absolute Gasteiger partial charge is 0.573 e. The van der Waals surface area contributed by atoms with E-state index in [0.29, 0.717) is 12.4 Å². The van der Waals surface area contributed by atoms with Crippen molar-refractivity contribution >= 4 is 5.97 Å². The van der Waals surface area contributed by atoms with Crippen LogP contribution in [0, 0.1) is 5.92 Å². The van der Waals surface area contributed by atoms with Crippen LogP contribution in [0.15, 0.2) is 48.5 Å². The van der Waals surface area contributed by atoms with Crippen molar-refractivity contribution < 1.29 is 41.7 Å². The molecule has 0 bridgehead atoms. The van der Waals surface area contributed by atoms with Crippen LogP contribution in [-0.4, -0.2) is 37.9 Å². The second-order valence-corrected chi connectivity index (χ2v) is 7.61. The lowest BCUT2D eigenvalue weighted by molar-refractivity contribution is -0.275. The van der Waals surface area contributed by atoms with E-state index in [1.54, 1.807) is 44.2 Å². The number of carbonyl (C=O) groups is 1. The SMILES string of the molecule is CC(C)C(OCC1CCCO1)Oc1cc(C(=O)Oc2ccccc2)ccc1OC(F)(F)F. The Morgan fingerprint density at radius 2 is 1.88 bits per heavy atom. The van der Waals surface area contributed by atoms with Gasteiger partial charge in [-0.05, 0) is 43.2 Å². The Balaban J connectivity index is 1.80. The minimum Gasteiger partial charge on any atom is -0.461 e. The summed E-state index contributed by atoms with van der Waals surface area (Å²) in [5, 5.41) is 0. The number of halogens is 3. The lowest BCUT2D eigenvalue weighted by Gasteiger charge is -2.25. The van der Waals surface area contributed by atoms with E-state index in [-0.39, 0.29) is 29.9 Å². The van der Waals surface area contributed by atoms with Crippen molar-refractivity contribution in [1.29, 1.82) is 0 Å². The molecule has 0 aromatic heterocycles. The molecule has 0 aliphatic carbocycles. The molecule has 0 spiro atoms. The smallest absolute Gasteiger partial charge is 0.461 e. The first-order valence-corrected chi connectivity index (χ1v) is 10.3. The molecular formula is C23H25F3O6. The molecule has 0 N–H and O–H groups in total. The molecule has 1 saturated heterocycles. The molecule has 1 aliphatic heterocycles. The van der Waals surface area contributed by atoms with E-state index >= 15 is 0 Å². The number of esters is 1. The fraction of sp³-hybridized carbons (Fsp3) is 0.435. The molecule has 2 aromatic rings.